The number of allylic oxidation sites excluding steroid dienone is 4. The van der Waals surface area contributed by atoms with Crippen LogP contribution in [-0.4, -0.2) is 93.1 Å². The Balaban J connectivity index is 0.000000243. The largest absolute Gasteiger partial charge is 0.508 e. The number of ether oxygens (including phenoxy) is 2. The molecule has 354 valence electrons. The SMILES string of the molecule is CCC(=O)OC1(C(=O)SCF)C(C)CC2C3CC(F)C4=CC(=O)C=CC4(C)C3(F)C(O)CC21C.OCc1cc(C(O)CNCCCCCCOCCCCc2ccccc2)ccc1O. The number of fused-ring (bicyclic) bond motifs is 5. The quantitative estimate of drug-likeness (QED) is 0.0640. The minimum absolute atomic E-state index is 0.0141. The van der Waals surface area contributed by atoms with Gasteiger partial charge >= 0.3 is 5.97 Å². The van der Waals surface area contributed by atoms with E-state index in [9.17, 15) is 39.2 Å². The molecule has 4 aliphatic rings. The highest BCUT2D eigenvalue weighted by molar-refractivity contribution is 8.13. The van der Waals surface area contributed by atoms with Gasteiger partial charge in [0.1, 0.15) is 17.9 Å². The van der Waals surface area contributed by atoms with Crippen LogP contribution in [0.4, 0.5) is 13.2 Å². The van der Waals surface area contributed by atoms with Crippen LogP contribution in [0.2, 0.25) is 0 Å². The predicted octanol–water partition coefficient (Wildman–Crippen LogP) is 8.54. The van der Waals surface area contributed by atoms with Crippen molar-refractivity contribution >= 4 is 28.6 Å². The Morgan fingerprint density at radius 1 is 1.00 bits per heavy atom. The van der Waals surface area contributed by atoms with Crippen LogP contribution in [0.5, 0.6) is 5.75 Å². The number of aryl methyl sites for hydroxylation is 1. The Kier molecular flexibility index (Phi) is 18.3. The highest BCUT2D eigenvalue weighted by Crippen LogP contribution is 2.72. The summed E-state index contributed by atoms with van der Waals surface area (Å²) in [6.45, 7) is 9.22. The number of hydrogen-bond donors (Lipinski definition) is 5. The molecule has 0 aromatic heterocycles. The number of alkyl halides is 3. The molecule has 14 heteroatoms. The number of phenols is 1. The van der Waals surface area contributed by atoms with Crippen molar-refractivity contribution in [3.63, 3.8) is 0 Å². The van der Waals surface area contributed by atoms with Gasteiger partial charge in [0.2, 0.25) is 5.12 Å². The van der Waals surface area contributed by atoms with Gasteiger partial charge in [0.15, 0.2) is 17.1 Å². The van der Waals surface area contributed by atoms with Gasteiger partial charge in [0, 0.05) is 54.4 Å². The van der Waals surface area contributed by atoms with E-state index in [1.54, 1.807) is 32.9 Å². The van der Waals surface area contributed by atoms with Crippen LogP contribution in [0.1, 0.15) is 115 Å². The van der Waals surface area contributed by atoms with Crippen molar-refractivity contribution in [1.29, 1.82) is 0 Å². The van der Waals surface area contributed by atoms with Gasteiger partial charge in [-0.2, -0.15) is 0 Å². The first-order valence-electron chi connectivity index (χ1n) is 22.9. The summed E-state index contributed by atoms with van der Waals surface area (Å²) in [6, 6.07) is 14.4. The van der Waals surface area contributed by atoms with Gasteiger partial charge < -0.3 is 35.2 Å². The zero-order chi connectivity index (χ0) is 46.7. The van der Waals surface area contributed by atoms with Crippen molar-refractivity contribution in [2.24, 2.45) is 28.6 Å². The number of nitrogens with one attached hydrogen (secondary N) is 1. The molecule has 10 unspecified atom stereocenters. The van der Waals surface area contributed by atoms with Crippen molar-refractivity contribution in [2.45, 2.75) is 135 Å². The molecule has 2 aromatic carbocycles. The highest BCUT2D eigenvalue weighted by atomic mass is 32.2. The lowest BCUT2D eigenvalue weighted by Crippen LogP contribution is -2.70. The van der Waals surface area contributed by atoms with Crippen LogP contribution < -0.4 is 5.32 Å². The molecule has 2 aromatic rings. The summed E-state index contributed by atoms with van der Waals surface area (Å²) >= 11 is 0.396. The highest BCUT2D eigenvalue weighted by Gasteiger charge is 2.78. The van der Waals surface area contributed by atoms with E-state index < -0.39 is 81.1 Å². The second kappa shape index (κ2) is 22.8. The van der Waals surface area contributed by atoms with E-state index in [1.807, 2.05) is 0 Å². The normalized spacial score (nSPS) is 30.9. The Bertz CT molecular complexity index is 1950. The third-order valence-electron chi connectivity index (χ3n) is 14.5. The zero-order valence-corrected chi connectivity index (χ0v) is 38.5. The number of ketones is 1. The van der Waals surface area contributed by atoms with Crippen molar-refractivity contribution in [2.75, 3.05) is 32.3 Å². The van der Waals surface area contributed by atoms with Crippen molar-refractivity contribution < 1.29 is 57.5 Å². The Labute approximate surface area is 380 Å². The molecule has 0 heterocycles. The van der Waals surface area contributed by atoms with E-state index in [2.05, 4.69) is 35.6 Å². The number of aliphatic hydroxyl groups is 3. The smallest absolute Gasteiger partial charge is 0.306 e. The molecule has 3 fully saturated rings. The molecular formula is C50H68F3NO9S. The first-order chi connectivity index (χ1) is 30.5. The van der Waals surface area contributed by atoms with Crippen LogP contribution in [0.3, 0.4) is 0 Å². The number of aliphatic hydroxyl groups excluding tert-OH is 3. The molecule has 3 saturated carbocycles. The summed E-state index contributed by atoms with van der Waals surface area (Å²) in [5.41, 5.74) is -4.31. The van der Waals surface area contributed by atoms with Crippen molar-refractivity contribution in [1.82, 2.24) is 5.32 Å². The van der Waals surface area contributed by atoms with Gasteiger partial charge in [-0.1, -0.05) is 76.1 Å². The fourth-order valence-corrected chi connectivity index (χ4v) is 11.8. The average Bonchev–Trinajstić information content (AvgIpc) is 3.49. The van der Waals surface area contributed by atoms with Gasteiger partial charge in [0.25, 0.3) is 0 Å². The maximum absolute atomic E-state index is 17.2. The number of thioether (sulfide) groups is 1. The lowest BCUT2D eigenvalue weighted by molar-refractivity contribution is -0.228. The van der Waals surface area contributed by atoms with Crippen LogP contribution in [0.15, 0.2) is 72.3 Å². The number of hydrogen-bond acceptors (Lipinski definition) is 11. The number of carbonyl (C=O) groups excluding carboxylic acids is 3. The zero-order valence-electron chi connectivity index (χ0n) is 37.7. The van der Waals surface area contributed by atoms with E-state index in [0.29, 0.717) is 29.4 Å². The summed E-state index contributed by atoms with van der Waals surface area (Å²) in [5, 5.41) is 43.0. The molecule has 6 rings (SSSR count). The summed E-state index contributed by atoms with van der Waals surface area (Å²) in [4.78, 5) is 37.8. The summed E-state index contributed by atoms with van der Waals surface area (Å²) in [5.74, 6) is -3.24. The van der Waals surface area contributed by atoms with Gasteiger partial charge in [-0.15, -0.1) is 0 Å². The molecule has 0 saturated heterocycles. The summed E-state index contributed by atoms with van der Waals surface area (Å²) in [7, 11) is 0. The minimum Gasteiger partial charge on any atom is -0.508 e. The van der Waals surface area contributed by atoms with Crippen LogP contribution >= 0.6 is 11.8 Å². The van der Waals surface area contributed by atoms with E-state index in [4.69, 9.17) is 9.47 Å². The number of halogens is 3. The summed E-state index contributed by atoms with van der Waals surface area (Å²) in [6.07, 6.45) is 7.40. The van der Waals surface area contributed by atoms with Crippen LogP contribution in [0, 0.1) is 28.6 Å². The van der Waals surface area contributed by atoms with Crippen molar-refractivity contribution in [3.8, 4) is 5.75 Å². The Morgan fingerprint density at radius 2 is 1.70 bits per heavy atom. The monoisotopic (exact) mass is 915 g/mol. The Morgan fingerprint density at radius 3 is 2.39 bits per heavy atom. The number of benzene rings is 2. The first kappa shape index (κ1) is 51.5. The third kappa shape index (κ3) is 10.7. The number of rotatable bonds is 20. The number of aromatic hydroxyl groups is 1. The van der Waals surface area contributed by atoms with Gasteiger partial charge in [-0.25, -0.2) is 13.2 Å². The lowest BCUT2D eigenvalue weighted by Gasteiger charge is -2.63. The number of esters is 1. The molecular weight excluding hydrogens is 848 g/mol. The Hall–Kier alpha value is -3.53. The van der Waals surface area contributed by atoms with Crippen LogP contribution in [0.25, 0.3) is 0 Å². The fourth-order valence-electron chi connectivity index (χ4n) is 11.0. The van der Waals surface area contributed by atoms with Crippen molar-refractivity contribution in [3.05, 3.63) is 89.0 Å². The fraction of sp³-hybridized carbons (Fsp3) is 0.620. The average molecular weight is 916 g/mol. The number of carbonyl (C=O) groups is 3. The van der Waals surface area contributed by atoms with E-state index in [0.717, 1.165) is 64.4 Å². The van der Waals surface area contributed by atoms with E-state index in [1.165, 1.54) is 37.1 Å². The van der Waals surface area contributed by atoms with E-state index in [-0.39, 0.29) is 43.6 Å². The minimum atomic E-state index is -2.30. The van der Waals surface area contributed by atoms with Crippen LogP contribution in [-0.2, 0) is 36.9 Å². The predicted molar refractivity (Wildman–Crippen MR) is 241 cm³/mol. The molecule has 10 atom stereocenters. The molecule has 0 bridgehead atoms. The van der Waals surface area contributed by atoms with Gasteiger partial charge in [0.05, 0.1) is 18.8 Å². The molecule has 0 aliphatic heterocycles. The lowest BCUT2D eigenvalue weighted by atomic mass is 9.44. The number of unbranched alkanes of at least 4 members (excludes halogenated alkanes) is 4. The van der Waals surface area contributed by atoms with E-state index >= 15 is 8.78 Å². The maximum Gasteiger partial charge on any atom is 0.306 e. The maximum atomic E-state index is 17.2. The molecule has 0 spiro atoms. The summed E-state index contributed by atoms with van der Waals surface area (Å²) < 4.78 is 57.6. The second-order valence-electron chi connectivity index (χ2n) is 18.3. The molecule has 5 N–H and O–H groups in total. The standard InChI is InChI=1S/C25H31F3O5S.C25H37NO4/c1-5-20(31)33-25(21(32)34-12-26)13(2)8-15-16-10-18(27)17-9-14(29)6-7-22(17,3)24(16,28)19(30)11-23(15,25)4;27-20-23-18-22(13-14-24(23)28)25(29)19-26-15-7-1-2-8-16-30-17-9-6-12-21-10-4-3-5-11-21/h6-7,9,13,15-16,18-19,30H,5,8,10-12H2,1-4H3;3-5,10-11,13-14,18,25-29H,1-2,6-9,12,15-17,19-20H2. The molecule has 10 nitrogen and oxygen atoms in total. The second-order valence-corrected chi connectivity index (χ2v) is 19.2. The topological polar surface area (TPSA) is 163 Å². The molecule has 64 heavy (non-hydrogen) atoms. The first-order valence-corrected chi connectivity index (χ1v) is 23.9. The van der Waals surface area contributed by atoms with Gasteiger partial charge in [-0.3, -0.25) is 14.4 Å². The third-order valence-corrected chi connectivity index (χ3v) is 15.1. The van der Waals surface area contributed by atoms with Gasteiger partial charge in [-0.05, 0) is 123 Å². The molecule has 4 aliphatic carbocycles. The molecule has 0 radical (unpaired) electrons. The molecule has 0 amide bonds.